The van der Waals surface area contributed by atoms with Crippen molar-refractivity contribution >= 4 is 46.1 Å². The maximum absolute atomic E-state index is 13.9. The van der Waals surface area contributed by atoms with E-state index in [2.05, 4.69) is 15.0 Å². The molecule has 37 heavy (non-hydrogen) atoms. The van der Waals surface area contributed by atoms with Gasteiger partial charge < -0.3 is 4.90 Å². The molecule has 12 heteroatoms. The average Bonchev–Trinajstić information content (AvgIpc) is 3.52. The van der Waals surface area contributed by atoms with Crippen LogP contribution in [0, 0.1) is 0 Å². The Labute approximate surface area is 225 Å². The number of halogens is 5. The van der Waals surface area contributed by atoms with Crippen molar-refractivity contribution in [3.8, 4) is 10.6 Å². The van der Waals surface area contributed by atoms with Gasteiger partial charge in [-0.2, -0.15) is 18.3 Å². The third-order valence-corrected chi connectivity index (χ3v) is 8.26. The van der Waals surface area contributed by atoms with Crippen molar-refractivity contribution in [2.75, 3.05) is 26.2 Å². The van der Waals surface area contributed by atoms with Crippen molar-refractivity contribution in [2.45, 2.75) is 26.1 Å². The van der Waals surface area contributed by atoms with Crippen LogP contribution in [0.1, 0.15) is 33.5 Å². The number of amides is 1. The molecule has 0 bridgehead atoms. The number of nitrogens with zero attached hydrogens (tertiary/aromatic N) is 5. The number of fused-ring (bicyclic) bond motifs is 1. The number of hydrogen-bond donors (Lipinski definition) is 0. The minimum absolute atomic E-state index is 0.0216. The smallest absolute Gasteiger partial charge is 0.335 e. The Morgan fingerprint density at radius 3 is 2.38 bits per heavy atom. The normalized spacial score (nSPS) is 15.0. The van der Waals surface area contributed by atoms with Gasteiger partial charge in [0.2, 0.25) is 0 Å². The molecule has 0 spiro atoms. The second-order valence-electron chi connectivity index (χ2n) is 8.71. The lowest BCUT2D eigenvalue weighted by Crippen LogP contribution is -2.48. The first-order valence-corrected chi connectivity index (χ1v) is 13.2. The van der Waals surface area contributed by atoms with Crippen molar-refractivity contribution in [3.05, 3.63) is 74.3 Å². The molecule has 0 aliphatic carbocycles. The summed E-state index contributed by atoms with van der Waals surface area (Å²) in [7, 11) is 0. The number of piperazine rings is 1. The second-order valence-corrected chi connectivity index (χ2v) is 10.7. The molecule has 1 amide bonds. The Morgan fingerprint density at radius 2 is 1.76 bits per heavy atom. The fourth-order valence-electron chi connectivity index (χ4n) is 4.29. The van der Waals surface area contributed by atoms with Crippen molar-refractivity contribution < 1.29 is 18.0 Å². The molecule has 1 aliphatic heterocycles. The maximum atomic E-state index is 13.9. The van der Waals surface area contributed by atoms with Crippen LogP contribution in [0.4, 0.5) is 13.2 Å². The van der Waals surface area contributed by atoms with Gasteiger partial charge in [0, 0.05) is 59.3 Å². The molecule has 1 fully saturated rings. The molecule has 0 radical (unpaired) electrons. The summed E-state index contributed by atoms with van der Waals surface area (Å²) >= 11 is 14.0. The van der Waals surface area contributed by atoms with Crippen LogP contribution in [0.5, 0.6) is 0 Å². The zero-order valence-corrected chi connectivity index (χ0v) is 22.1. The fraction of sp³-hybridized carbons (Fsp3) is 0.320. The molecule has 0 unspecified atom stereocenters. The minimum atomic E-state index is -4.67. The molecule has 3 aromatic heterocycles. The van der Waals surface area contributed by atoms with Crippen LogP contribution >= 0.6 is 34.5 Å². The van der Waals surface area contributed by atoms with Crippen LogP contribution in [-0.4, -0.2) is 56.5 Å². The van der Waals surface area contributed by atoms with E-state index >= 15 is 0 Å². The predicted octanol–water partition coefficient (Wildman–Crippen LogP) is 6.30. The maximum Gasteiger partial charge on any atom is 0.433 e. The highest BCUT2D eigenvalue weighted by Gasteiger charge is 2.36. The fourth-order valence-corrected chi connectivity index (χ4v) is 5.72. The first-order chi connectivity index (χ1) is 17.6. The van der Waals surface area contributed by atoms with Crippen LogP contribution in [0.25, 0.3) is 16.2 Å². The lowest BCUT2D eigenvalue weighted by molar-refractivity contribution is -0.142. The third kappa shape index (κ3) is 5.34. The molecule has 1 saturated heterocycles. The molecule has 5 rings (SSSR count). The van der Waals surface area contributed by atoms with E-state index in [1.807, 2.05) is 13.0 Å². The highest BCUT2D eigenvalue weighted by Crippen LogP contribution is 2.34. The predicted molar refractivity (Wildman–Crippen MR) is 138 cm³/mol. The van der Waals surface area contributed by atoms with Gasteiger partial charge in [-0.15, -0.1) is 11.3 Å². The summed E-state index contributed by atoms with van der Waals surface area (Å²) in [6, 6.07) is 11.3. The number of carbonyl (C=O) groups excluding carboxylic acids is 1. The zero-order valence-electron chi connectivity index (χ0n) is 19.7. The number of alkyl halides is 3. The summed E-state index contributed by atoms with van der Waals surface area (Å²) in [5, 5.41) is 5.18. The van der Waals surface area contributed by atoms with Crippen molar-refractivity contribution in [1.82, 2.24) is 24.4 Å². The van der Waals surface area contributed by atoms with E-state index in [0.717, 1.165) is 22.9 Å². The van der Waals surface area contributed by atoms with Crippen molar-refractivity contribution in [2.24, 2.45) is 0 Å². The minimum Gasteiger partial charge on any atom is -0.335 e. The van der Waals surface area contributed by atoms with Crippen LogP contribution in [0.15, 0.2) is 42.5 Å². The molecule has 194 valence electrons. The van der Waals surface area contributed by atoms with E-state index in [1.54, 1.807) is 29.2 Å². The van der Waals surface area contributed by atoms with Crippen LogP contribution in [0.2, 0.25) is 10.0 Å². The summed E-state index contributed by atoms with van der Waals surface area (Å²) in [4.78, 5) is 23.0. The molecule has 1 aromatic carbocycles. The first kappa shape index (κ1) is 26.0. The summed E-state index contributed by atoms with van der Waals surface area (Å²) in [5.41, 5.74) is -0.0381. The van der Waals surface area contributed by atoms with Gasteiger partial charge in [-0.3, -0.25) is 9.69 Å². The number of benzene rings is 1. The highest BCUT2D eigenvalue weighted by molar-refractivity contribution is 7.15. The van der Waals surface area contributed by atoms with E-state index in [-0.39, 0.29) is 17.0 Å². The largest absolute Gasteiger partial charge is 0.433 e. The van der Waals surface area contributed by atoms with Crippen LogP contribution in [-0.2, 0) is 19.1 Å². The standard InChI is InChI=1S/C25H22Cl2F3N5OS/c1-2-15-6-7-21(37-15)19-12-22(25(28,29)30)35-23(31-19)13-20(32-35)24(36)34-10-8-33(9-11-34)14-16-17(26)4-3-5-18(16)27/h3-7,12-13H,2,8-11,14H2,1H3. The van der Waals surface area contributed by atoms with Gasteiger partial charge in [-0.05, 0) is 36.8 Å². The zero-order chi connectivity index (χ0) is 26.3. The summed E-state index contributed by atoms with van der Waals surface area (Å²) in [5.74, 6) is -0.431. The average molecular weight is 568 g/mol. The Bertz CT molecular complexity index is 1440. The van der Waals surface area contributed by atoms with Gasteiger partial charge in [0.25, 0.3) is 5.91 Å². The second kappa shape index (κ2) is 10.2. The van der Waals surface area contributed by atoms with E-state index < -0.39 is 17.8 Å². The number of thiophene rings is 1. The number of aromatic nitrogens is 3. The number of rotatable bonds is 5. The van der Waals surface area contributed by atoms with Crippen molar-refractivity contribution in [3.63, 3.8) is 0 Å². The quantitative estimate of drug-likeness (QED) is 0.284. The van der Waals surface area contributed by atoms with Gasteiger partial charge in [0.15, 0.2) is 17.0 Å². The highest BCUT2D eigenvalue weighted by atomic mass is 35.5. The molecule has 6 nitrogen and oxygen atoms in total. The summed E-state index contributed by atoms with van der Waals surface area (Å²) in [6.45, 7) is 4.44. The van der Waals surface area contributed by atoms with E-state index in [1.165, 1.54) is 17.4 Å². The Hall–Kier alpha value is -2.66. The molecule has 0 N–H and O–H groups in total. The van der Waals surface area contributed by atoms with E-state index in [0.29, 0.717) is 52.2 Å². The van der Waals surface area contributed by atoms with Crippen molar-refractivity contribution in [1.29, 1.82) is 0 Å². The van der Waals surface area contributed by atoms with Gasteiger partial charge in [0.1, 0.15) is 0 Å². The van der Waals surface area contributed by atoms with Gasteiger partial charge in [-0.25, -0.2) is 9.50 Å². The summed E-state index contributed by atoms with van der Waals surface area (Å²) < 4.78 is 42.5. The first-order valence-electron chi connectivity index (χ1n) is 11.7. The Morgan fingerprint density at radius 1 is 1.05 bits per heavy atom. The molecule has 4 aromatic rings. The molecule has 4 heterocycles. The third-order valence-electron chi connectivity index (χ3n) is 6.30. The molecular weight excluding hydrogens is 546 g/mol. The number of carbonyl (C=O) groups is 1. The topological polar surface area (TPSA) is 53.7 Å². The van der Waals surface area contributed by atoms with Gasteiger partial charge in [0.05, 0.1) is 10.6 Å². The SMILES string of the molecule is CCc1ccc(-c2cc(C(F)(F)F)n3nc(C(=O)N4CCN(Cc5c(Cl)cccc5Cl)CC4)cc3n2)s1. The Kier molecular flexibility index (Phi) is 7.19. The lowest BCUT2D eigenvalue weighted by atomic mass is 10.2. The molecule has 0 saturated carbocycles. The lowest BCUT2D eigenvalue weighted by Gasteiger charge is -2.34. The van der Waals surface area contributed by atoms with E-state index in [9.17, 15) is 18.0 Å². The molecular formula is C25H22Cl2F3N5OS. The van der Waals surface area contributed by atoms with Crippen LogP contribution in [0.3, 0.4) is 0 Å². The van der Waals surface area contributed by atoms with Gasteiger partial charge >= 0.3 is 6.18 Å². The number of aryl methyl sites for hydroxylation is 1. The van der Waals surface area contributed by atoms with E-state index in [4.69, 9.17) is 23.2 Å². The number of hydrogen-bond acceptors (Lipinski definition) is 5. The van der Waals surface area contributed by atoms with Gasteiger partial charge in [-0.1, -0.05) is 36.2 Å². The molecule has 0 atom stereocenters. The molecule has 1 aliphatic rings. The van der Waals surface area contributed by atoms with Crippen LogP contribution < -0.4 is 0 Å². The summed E-state index contributed by atoms with van der Waals surface area (Å²) in [6.07, 6.45) is -3.89. The Balaban J connectivity index is 1.37. The monoisotopic (exact) mass is 567 g/mol.